The fraction of sp³-hybridized carbons (Fsp3) is 0.238. The van der Waals surface area contributed by atoms with Crippen LogP contribution in [0.15, 0.2) is 48.5 Å². The second kappa shape index (κ2) is 7.44. The molecule has 2 aromatic carbocycles. The van der Waals surface area contributed by atoms with E-state index in [-0.39, 0.29) is 12.5 Å². The summed E-state index contributed by atoms with van der Waals surface area (Å²) in [5.74, 6) is -0.0624. The third-order valence-electron chi connectivity index (χ3n) is 4.44. The van der Waals surface area contributed by atoms with Crippen LogP contribution in [0.2, 0.25) is 0 Å². The SMILES string of the molecule is CCc1ccc(OCC(=O)n2c(C)c(C(=O)OC)c3ccccc32)cc1. The standard InChI is InChI=1S/C21H21NO4/c1-4-15-9-11-16(12-10-15)26-13-19(23)22-14(2)20(21(24)25-3)17-7-5-6-8-18(17)22/h5-12H,4,13H2,1-3H3. The summed E-state index contributed by atoms with van der Waals surface area (Å²) < 4.78 is 12.0. The molecule has 0 spiro atoms. The molecule has 3 rings (SSSR count). The number of fused-ring (bicyclic) bond motifs is 1. The molecule has 1 aromatic heterocycles. The number of esters is 1. The Kier molecular flexibility index (Phi) is 5.07. The van der Waals surface area contributed by atoms with Crippen molar-refractivity contribution in [2.45, 2.75) is 20.3 Å². The summed E-state index contributed by atoms with van der Waals surface area (Å²) in [6, 6.07) is 14.9. The van der Waals surface area contributed by atoms with E-state index in [9.17, 15) is 9.59 Å². The van der Waals surface area contributed by atoms with Gasteiger partial charge in [-0.2, -0.15) is 0 Å². The van der Waals surface area contributed by atoms with Gasteiger partial charge in [-0.15, -0.1) is 0 Å². The fourth-order valence-corrected chi connectivity index (χ4v) is 3.08. The normalized spacial score (nSPS) is 10.7. The minimum atomic E-state index is -0.457. The maximum absolute atomic E-state index is 12.8. The first kappa shape index (κ1) is 17.7. The van der Waals surface area contributed by atoms with Gasteiger partial charge in [0.1, 0.15) is 5.75 Å². The van der Waals surface area contributed by atoms with Gasteiger partial charge in [-0.3, -0.25) is 9.36 Å². The van der Waals surface area contributed by atoms with E-state index >= 15 is 0 Å². The van der Waals surface area contributed by atoms with Gasteiger partial charge in [-0.1, -0.05) is 37.3 Å². The number of rotatable bonds is 5. The Morgan fingerprint density at radius 2 is 1.73 bits per heavy atom. The molecule has 0 aliphatic rings. The highest BCUT2D eigenvalue weighted by Crippen LogP contribution is 2.26. The van der Waals surface area contributed by atoms with Crippen LogP contribution >= 0.6 is 0 Å². The first-order chi connectivity index (χ1) is 12.6. The van der Waals surface area contributed by atoms with E-state index in [1.54, 1.807) is 6.92 Å². The Morgan fingerprint density at radius 3 is 2.38 bits per heavy atom. The second-order valence-electron chi connectivity index (χ2n) is 5.98. The number of carbonyl (C=O) groups excluding carboxylic acids is 2. The molecule has 0 radical (unpaired) electrons. The molecule has 0 fully saturated rings. The lowest BCUT2D eigenvalue weighted by molar-refractivity contribution is 0.0602. The van der Waals surface area contributed by atoms with Crippen LogP contribution in [0.3, 0.4) is 0 Å². The third-order valence-corrected chi connectivity index (χ3v) is 4.44. The highest BCUT2D eigenvalue weighted by atomic mass is 16.5. The lowest BCUT2D eigenvalue weighted by Gasteiger charge is -2.09. The minimum absolute atomic E-state index is 0.119. The number of hydrogen-bond donors (Lipinski definition) is 0. The van der Waals surface area contributed by atoms with Crippen molar-refractivity contribution in [3.63, 3.8) is 0 Å². The van der Waals surface area contributed by atoms with Crippen LogP contribution < -0.4 is 4.74 Å². The number of methoxy groups -OCH3 is 1. The van der Waals surface area contributed by atoms with Gasteiger partial charge in [0.05, 0.1) is 18.2 Å². The van der Waals surface area contributed by atoms with Crippen LogP contribution in [0, 0.1) is 6.92 Å². The molecule has 0 aliphatic carbocycles. The maximum Gasteiger partial charge on any atom is 0.340 e. The fourth-order valence-electron chi connectivity index (χ4n) is 3.08. The molecule has 0 N–H and O–H groups in total. The molecule has 0 bridgehead atoms. The van der Waals surface area contributed by atoms with Gasteiger partial charge < -0.3 is 9.47 Å². The number of hydrogen-bond acceptors (Lipinski definition) is 4. The monoisotopic (exact) mass is 351 g/mol. The molecular weight excluding hydrogens is 330 g/mol. The van der Waals surface area contributed by atoms with Crippen LogP contribution in [0.1, 0.15) is 33.3 Å². The topological polar surface area (TPSA) is 57.5 Å². The van der Waals surface area contributed by atoms with Crippen LogP contribution in [-0.2, 0) is 11.2 Å². The van der Waals surface area contributed by atoms with Gasteiger partial charge in [-0.25, -0.2) is 4.79 Å². The Morgan fingerprint density at radius 1 is 1.04 bits per heavy atom. The van der Waals surface area contributed by atoms with Gasteiger partial charge in [0.15, 0.2) is 6.61 Å². The van der Waals surface area contributed by atoms with Crippen molar-refractivity contribution in [2.75, 3.05) is 13.7 Å². The summed E-state index contributed by atoms with van der Waals surface area (Å²) in [7, 11) is 1.33. The number of carbonyl (C=O) groups is 2. The average molecular weight is 351 g/mol. The minimum Gasteiger partial charge on any atom is -0.484 e. The van der Waals surface area contributed by atoms with Gasteiger partial charge in [0.25, 0.3) is 5.91 Å². The Labute approximate surface area is 152 Å². The van der Waals surface area contributed by atoms with Crippen LogP contribution in [0.4, 0.5) is 0 Å². The number of para-hydroxylation sites is 1. The van der Waals surface area contributed by atoms with Crippen molar-refractivity contribution in [3.05, 3.63) is 65.4 Å². The van der Waals surface area contributed by atoms with Crippen molar-refractivity contribution < 1.29 is 19.1 Å². The lowest BCUT2D eigenvalue weighted by Crippen LogP contribution is -2.20. The number of aryl methyl sites for hydroxylation is 1. The van der Waals surface area contributed by atoms with Gasteiger partial charge in [-0.05, 0) is 37.1 Å². The molecule has 0 saturated heterocycles. The predicted octanol–water partition coefficient (Wildman–Crippen LogP) is 4.02. The van der Waals surface area contributed by atoms with E-state index in [1.807, 2.05) is 48.5 Å². The zero-order chi connectivity index (χ0) is 18.7. The zero-order valence-corrected chi connectivity index (χ0v) is 15.1. The number of nitrogens with zero attached hydrogens (tertiary/aromatic N) is 1. The first-order valence-electron chi connectivity index (χ1n) is 8.50. The predicted molar refractivity (Wildman–Crippen MR) is 100.0 cm³/mol. The van der Waals surface area contributed by atoms with Gasteiger partial charge in [0, 0.05) is 11.1 Å². The summed E-state index contributed by atoms with van der Waals surface area (Å²) >= 11 is 0. The van der Waals surface area contributed by atoms with E-state index in [0.29, 0.717) is 27.9 Å². The molecule has 0 saturated carbocycles. The quantitative estimate of drug-likeness (QED) is 0.652. The van der Waals surface area contributed by atoms with Crippen molar-refractivity contribution in [3.8, 4) is 5.75 Å². The Balaban J connectivity index is 1.90. The molecule has 134 valence electrons. The van der Waals surface area contributed by atoms with Crippen molar-refractivity contribution in [1.82, 2.24) is 4.57 Å². The first-order valence-corrected chi connectivity index (χ1v) is 8.50. The van der Waals surface area contributed by atoms with Crippen molar-refractivity contribution in [2.24, 2.45) is 0 Å². The molecule has 5 nitrogen and oxygen atoms in total. The molecule has 3 aromatic rings. The maximum atomic E-state index is 12.8. The van der Waals surface area contributed by atoms with Crippen LogP contribution in [0.25, 0.3) is 10.9 Å². The molecule has 0 unspecified atom stereocenters. The summed E-state index contributed by atoms with van der Waals surface area (Å²) in [6.45, 7) is 3.70. The highest BCUT2D eigenvalue weighted by molar-refractivity contribution is 6.09. The van der Waals surface area contributed by atoms with E-state index in [2.05, 4.69) is 6.92 Å². The van der Waals surface area contributed by atoms with Gasteiger partial charge >= 0.3 is 5.97 Å². The van der Waals surface area contributed by atoms with E-state index in [0.717, 1.165) is 6.42 Å². The van der Waals surface area contributed by atoms with E-state index in [1.165, 1.54) is 17.2 Å². The summed E-state index contributed by atoms with van der Waals surface area (Å²) in [5.41, 5.74) is 2.83. The van der Waals surface area contributed by atoms with Gasteiger partial charge in [0.2, 0.25) is 0 Å². The van der Waals surface area contributed by atoms with Crippen molar-refractivity contribution in [1.29, 1.82) is 0 Å². The Hall–Kier alpha value is -3.08. The average Bonchev–Trinajstić information content (AvgIpc) is 2.97. The summed E-state index contributed by atoms with van der Waals surface area (Å²) in [4.78, 5) is 24.9. The highest BCUT2D eigenvalue weighted by Gasteiger charge is 2.23. The van der Waals surface area contributed by atoms with E-state index < -0.39 is 5.97 Å². The molecule has 0 atom stereocenters. The smallest absolute Gasteiger partial charge is 0.340 e. The third kappa shape index (κ3) is 3.20. The van der Waals surface area contributed by atoms with Crippen LogP contribution in [-0.4, -0.2) is 30.2 Å². The van der Waals surface area contributed by atoms with E-state index in [4.69, 9.17) is 9.47 Å². The molecule has 0 amide bonds. The summed E-state index contributed by atoms with van der Waals surface area (Å²) in [5, 5.41) is 0.692. The molecule has 1 heterocycles. The second-order valence-corrected chi connectivity index (χ2v) is 5.98. The molecule has 5 heteroatoms. The number of ether oxygens (including phenoxy) is 2. The molecule has 26 heavy (non-hydrogen) atoms. The molecule has 0 aliphatic heterocycles. The summed E-state index contributed by atoms with van der Waals surface area (Å²) in [6.07, 6.45) is 0.948. The molecular formula is C21H21NO4. The Bertz CT molecular complexity index is 954. The van der Waals surface area contributed by atoms with Crippen molar-refractivity contribution >= 4 is 22.8 Å². The zero-order valence-electron chi connectivity index (χ0n) is 15.1. The van der Waals surface area contributed by atoms with Crippen LogP contribution in [0.5, 0.6) is 5.75 Å². The largest absolute Gasteiger partial charge is 0.484 e. The number of benzene rings is 2. The number of aromatic nitrogens is 1. The lowest BCUT2D eigenvalue weighted by atomic mass is 10.1.